The first-order valence-electron chi connectivity index (χ1n) is 8.50. The second-order valence-electron chi connectivity index (χ2n) is 6.11. The van der Waals surface area contributed by atoms with E-state index in [2.05, 4.69) is 17.6 Å². The maximum absolute atomic E-state index is 11.7. The number of sulfonamides is 1. The lowest BCUT2D eigenvalue weighted by Gasteiger charge is -2.21. The van der Waals surface area contributed by atoms with Gasteiger partial charge in [-0.05, 0) is 54.5 Å². The molecule has 0 aliphatic heterocycles. The van der Waals surface area contributed by atoms with Crippen LogP contribution in [0.2, 0.25) is 0 Å². The van der Waals surface area contributed by atoms with Crippen molar-refractivity contribution < 1.29 is 13.2 Å². The molecule has 0 heterocycles. The number of anilines is 2. The van der Waals surface area contributed by atoms with Crippen molar-refractivity contribution in [2.75, 3.05) is 30.0 Å². The molecule has 2 aromatic rings. The maximum atomic E-state index is 11.7. The van der Waals surface area contributed by atoms with E-state index in [4.69, 9.17) is 17.0 Å². The number of methoxy groups -OCH3 is 1. The van der Waals surface area contributed by atoms with Crippen LogP contribution in [-0.4, -0.2) is 33.9 Å². The van der Waals surface area contributed by atoms with Gasteiger partial charge in [-0.2, -0.15) is 0 Å². The van der Waals surface area contributed by atoms with Gasteiger partial charge < -0.3 is 15.4 Å². The summed E-state index contributed by atoms with van der Waals surface area (Å²) in [6, 6.07) is 15.0. The molecule has 2 rings (SSSR count). The van der Waals surface area contributed by atoms with E-state index in [0.717, 1.165) is 17.7 Å². The monoisotopic (exact) mass is 407 g/mol. The Labute approximate surface area is 166 Å². The minimum absolute atomic E-state index is 0.0535. The molecule has 0 spiro atoms. The van der Waals surface area contributed by atoms with E-state index in [1.165, 1.54) is 17.6 Å². The summed E-state index contributed by atoms with van der Waals surface area (Å²) in [5, 5.41) is 6.88. The molecule has 8 heteroatoms. The Morgan fingerprint density at radius 2 is 1.89 bits per heavy atom. The summed E-state index contributed by atoms with van der Waals surface area (Å²) in [5.41, 5.74) is 2.38. The molecule has 2 aromatic carbocycles. The van der Waals surface area contributed by atoms with E-state index >= 15 is 0 Å². The molecule has 146 valence electrons. The summed E-state index contributed by atoms with van der Waals surface area (Å²) in [6.07, 6.45) is 2.02. The lowest BCUT2D eigenvalue weighted by molar-refractivity contribution is 0.414. The molecule has 0 radical (unpaired) electrons. The Hall–Kier alpha value is -2.32. The summed E-state index contributed by atoms with van der Waals surface area (Å²) in [4.78, 5) is 0. The molecule has 27 heavy (non-hydrogen) atoms. The standard InChI is InChI=1S/C19H25N3O3S2/c1-5-18(14-9-11-17(25-3)12-10-14)21-19(26)20-15-7-6-8-16(13-15)22(2)27(4,23)24/h6-13,18H,5H2,1-4H3,(H2,20,21,26)/t18-/m1/s1. The SMILES string of the molecule is CC[C@@H](NC(=S)Nc1cccc(N(C)S(C)(=O)=O)c1)c1ccc(OC)cc1. The largest absolute Gasteiger partial charge is 0.497 e. The highest BCUT2D eigenvalue weighted by molar-refractivity contribution is 7.92. The van der Waals surface area contributed by atoms with E-state index in [9.17, 15) is 8.42 Å². The number of hydrogen-bond donors (Lipinski definition) is 2. The Bertz CT molecular complexity index is 883. The highest BCUT2D eigenvalue weighted by atomic mass is 32.2. The molecular formula is C19H25N3O3S2. The van der Waals surface area contributed by atoms with Crippen molar-refractivity contribution in [1.82, 2.24) is 5.32 Å². The van der Waals surface area contributed by atoms with Gasteiger partial charge in [0.2, 0.25) is 10.0 Å². The third-order valence-corrected chi connectivity index (χ3v) is 5.62. The summed E-state index contributed by atoms with van der Waals surface area (Å²) in [6.45, 7) is 2.08. The summed E-state index contributed by atoms with van der Waals surface area (Å²) < 4.78 is 29.8. The van der Waals surface area contributed by atoms with Crippen LogP contribution in [0.1, 0.15) is 24.9 Å². The van der Waals surface area contributed by atoms with E-state index in [1.807, 2.05) is 30.3 Å². The first-order chi connectivity index (χ1) is 12.7. The number of rotatable bonds is 7. The van der Waals surface area contributed by atoms with Gasteiger partial charge in [-0.25, -0.2) is 8.42 Å². The smallest absolute Gasteiger partial charge is 0.231 e. The quantitative estimate of drug-likeness (QED) is 0.684. The van der Waals surface area contributed by atoms with Crippen LogP contribution < -0.4 is 19.7 Å². The van der Waals surface area contributed by atoms with Crippen molar-refractivity contribution in [1.29, 1.82) is 0 Å². The molecule has 0 amide bonds. The van der Waals surface area contributed by atoms with E-state index in [1.54, 1.807) is 25.3 Å². The summed E-state index contributed by atoms with van der Waals surface area (Å²) in [7, 11) is -0.166. The zero-order valence-corrected chi connectivity index (χ0v) is 17.5. The second-order valence-corrected chi connectivity index (χ2v) is 8.54. The van der Waals surface area contributed by atoms with Crippen LogP contribution >= 0.6 is 12.2 Å². The third-order valence-electron chi connectivity index (χ3n) is 4.20. The fraction of sp³-hybridized carbons (Fsp3) is 0.316. The molecule has 0 fully saturated rings. The number of ether oxygens (including phenoxy) is 1. The Morgan fingerprint density at radius 3 is 2.44 bits per heavy atom. The molecule has 0 saturated carbocycles. The molecular weight excluding hydrogens is 382 g/mol. The van der Waals surface area contributed by atoms with Gasteiger partial charge in [-0.1, -0.05) is 25.1 Å². The Morgan fingerprint density at radius 1 is 1.22 bits per heavy atom. The van der Waals surface area contributed by atoms with E-state index in [0.29, 0.717) is 16.5 Å². The van der Waals surface area contributed by atoms with Gasteiger partial charge in [-0.15, -0.1) is 0 Å². The van der Waals surface area contributed by atoms with Crippen molar-refractivity contribution in [3.63, 3.8) is 0 Å². The van der Waals surface area contributed by atoms with Crippen LogP contribution in [0.4, 0.5) is 11.4 Å². The maximum Gasteiger partial charge on any atom is 0.231 e. The predicted molar refractivity (Wildman–Crippen MR) is 115 cm³/mol. The normalized spacial score (nSPS) is 12.1. The molecule has 0 aromatic heterocycles. The fourth-order valence-electron chi connectivity index (χ4n) is 2.55. The molecule has 0 bridgehead atoms. The number of hydrogen-bond acceptors (Lipinski definition) is 4. The molecule has 6 nitrogen and oxygen atoms in total. The number of nitrogens with zero attached hydrogens (tertiary/aromatic N) is 1. The number of nitrogens with one attached hydrogen (secondary N) is 2. The molecule has 1 atom stereocenters. The third kappa shape index (κ3) is 5.83. The molecule has 0 aliphatic rings. The highest BCUT2D eigenvalue weighted by Crippen LogP contribution is 2.22. The topological polar surface area (TPSA) is 70.7 Å². The van der Waals surface area contributed by atoms with Gasteiger partial charge >= 0.3 is 0 Å². The van der Waals surface area contributed by atoms with Crippen LogP contribution in [0.3, 0.4) is 0 Å². The van der Waals surface area contributed by atoms with Gasteiger partial charge in [-0.3, -0.25) is 4.31 Å². The summed E-state index contributed by atoms with van der Waals surface area (Å²) >= 11 is 5.43. The van der Waals surface area contributed by atoms with Crippen molar-refractivity contribution in [2.45, 2.75) is 19.4 Å². The van der Waals surface area contributed by atoms with Gasteiger partial charge in [0.05, 0.1) is 25.1 Å². The lowest BCUT2D eigenvalue weighted by atomic mass is 10.0. The lowest BCUT2D eigenvalue weighted by Crippen LogP contribution is -2.32. The highest BCUT2D eigenvalue weighted by Gasteiger charge is 2.14. The fourth-order valence-corrected chi connectivity index (χ4v) is 3.31. The average molecular weight is 408 g/mol. The second kappa shape index (κ2) is 9.05. The number of benzene rings is 2. The minimum atomic E-state index is -3.32. The van der Waals surface area contributed by atoms with Crippen molar-refractivity contribution >= 4 is 38.7 Å². The molecule has 0 aliphatic carbocycles. The van der Waals surface area contributed by atoms with Crippen LogP contribution in [0.15, 0.2) is 48.5 Å². The van der Waals surface area contributed by atoms with Crippen LogP contribution in [0, 0.1) is 0 Å². The first kappa shape index (κ1) is 21.0. The van der Waals surface area contributed by atoms with Crippen molar-refractivity contribution in [3.05, 3.63) is 54.1 Å². The first-order valence-corrected chi connectivity index (χ1v) is 10.8. The average Bonchev–Trinajstić information content (AvgIpc) is 2.65. The van der Waals surface area contributed by atoms with Crippen LogP contribution in [0.25, 0.3) is 0 Å². The van der Waals surface area contributed by atoms with Gasteiger partial charge in [0.15, 0.2) is 5.11 Å². The molecule has 0 saturated heterocycles. The summed E-state index contributed by atoms with van der Waals surface area (Å²) in [5.74, 6) is 0.807. The van der Waals surface area contributed by atoms with E-state index < -0.39 is 10.0 Å². The zero-order valence-electron chi connectivity index (χ0n) is 15.9. The zero-order chi connectivity index (χ0) is 20.0. The van der Waals surface area contributed by atoms with Crippen molar-refractivity contribution in [3.8, 4) is 5.75 Å². The molecule has 2 N–H and O–H groups in total. The van der Waals surface area contributed by atoms with E-state index in [-0.39, 0.29) is 6.04 Å². The molecule has 0 unspecified atom stereocenters. The van der Waals surface area contributed by atoms with Gasteiger partial charge in [0.25, 0.3) is 0 Å². The van der Waals surface area contributed by atoms with Gasteiger partial charge in [0.1, 0.15) is 5.75 Å². The Balaban J connectivity index is 2.07. The van der Waals surface area contributed by atoms with Crippen molar-refractivity contribution in [2.24, 2.45) is 0 Å². The number of thiocarbonyl (C=S) groups is 1. The minimum Gasteiger partial charge on any atom is -0.497 e. The van der Waals surface area contributed by atoms with Gasteiger partial charge in [0, 0.05) is 12.7 Å². The van der Waals surface area contributed by atoms with Crippen LogP contribution in [0.5, 0.6) is 5.75 Å². The Kier molecular flexibility index (Phi) is 7.04. The predicted octanol–water partition coefficient (Wildman–Crippen LogP) is 3.53. The van der Waals surface area contributed by atoms with Crippen LogP contribution in [-0.2, 0) is 10.0 Å².